The lowest BCUT2D eigenvalue weighted by Gasteiger charge is -2.26. The first-order valence-corrected chi connectivity index (χ1v) is 4.43. The van der Waals surface area contributed by atoms with Crippen molar-refractivity contribution in [1.29, 1.82) is 0 Å². The Bertz CT molecular complexity index is 377. The molecule has 0 saturated heterocycles. The van der Waals surface area contributed by atoms with E-state index in [2.05, 4.69) is 0 Å². The quantitative estimate of drug-likeness (QED) is 0.820. The molecule has 1 aromatic carbocycles. The number of hydrogen-bond donors (Lipinski definition) is 1. The van der Waals surface area contributed by atoms with Crippen LogP contribution in [0.25, 0.3) is 0 Å². The molecule has 0 aromatic heterocycles. The Kier molecular flexibility index (Phi) is 4.91. The molecule has 2 N–H and O–H groups in total. The largest absolute Gasteiger partial charge is 0.455 e. The van der Waals surface area contributed by atoms with Gasteiger partial charge in [-0.3, -0.25) is 0 Å². The summed E-state index contributed by atoms with van der Waals surface area (Å²) in [5, 5.41) is 0. The molecule has 0 radical (unpaired) electrons. The highest BCUT2D eigenvalue weighted by Gasteiger charge is 2.61. The van der Waals surface area contributed by atoms with Gasteiger partial charge in [-0.2, -0.15) is 22.0 Å². The molecule has 0 heterocycles. The highest BCUT2D eigenvalue weighted by molar-refractivity contribution is 5.85. The maximum atomic E-state index is 12.9. The van der Waals surface area contributed by atoms with Gasteiger partial charge in [0.05, 0.1) is 0 Å². The molecule has 1 atom stereocenters. The Morgan fingerprint density at radius 2 is 1.65 bits per heavy atom. The third-order valence-electron chi connectivity index (χ3n) is 2.17. The normalized spacial score (nSPS) is 14.1. The van der Waals surface area contributed by atoms with Crippen LogP contribution in [-0.2, 0) is 0 Å². The Morgan fingerprint density at radius 1 is 1.12 bits per heavy atom. The molecular weight excluding hydrogens is 265 g/mol. The van der Waals surface area contributed by atoms with E-state index in [1.807, 2.05) is 0 Å². The van der Waals surface area contributed by atoms with Crippen LogP contribution >= 0.6 is 12.4 Å². The molecule has 98 valence electrons. The highest BCUT2D eigenvalue weighted by Crippen LogP contribution is 2.43. The molecular formula is C10H11ClF5N. The lowest BCUT2D eigenvalue weighted by atomic mass is 9.99. The van der Waals surface area contributed by atoms with Crippen LogP contribution in [0.15, 0.2) is 24.3 Å². The van der Waals surface area contributed by atoms with E-state index in [9.17, 15) is 22.0 Å². The molecule has 0 aliphatic carbocycles. The Hall–Kier alpha value is -0.880. The first-order chi connectivity index (χ1) is 7.16. The van der Waals surface area contributed by atoms with Crippen LogP contribution in [0.3, 0.4) is 0 Å². The highest BCUT2D eigenvalue weighted by atomic mass is 35.5. The van der Waals surface area contributed by atoms with Gasteiger partial charge in [0.15, 0.2) is 0 Å². The van der Waals surface area contributed by atoms with E-state index >= 15 is 0 Å². The van der Waals surface area contributed by atoms with Gasteiger partial charge in [-0.15, -0.1) is 12.4 Å². The zero-order valence-corrected chi connectivity index (χ0v) is 9.58. The van der Waals surface area contributed by atoms with Crippen molar-refractivity contribution in [1.82, 2.24) is 0 Å². The number of alkyl halides is 5. The number of aryl methyl sites for hydroxylation is 1. The van der Waals surface area contributed by atoms with Crippen molar-refractivity contribution < 1.29 is 22.0 Å². The average molecular weight is 276 g/mol. The minimum atomic E-state index is -5.64. The average Bonchev–Trinajstić information content (AvgIpc) is 2.14. The third-order valence-corrected chi connectivity index (χ3v) is 2.17. The molecule has 0 aliphatic heterocycles. The monoisotopic (exact) mass is 275 g/mol. The molecule has 1 nitrogen and oxygen atoms in total. The molecule has 17 heavy (non-hydrogen) atoms. The second-order valence-electron chi connectivity index (χ2n) is 3.51. The Morgan fingerprint density at radius 3 is 2.06 bits per heavy atom. The zero-order valence-electron chi connectivity index (χ0n) is 8.76. The molecule has 0 spiro atoms. The summed E-state index contributed by atoms with van der Waals surface area (Å²) in [5.74, 6) is -4.93. The van der Waals surface area contributed by atoms with Crippen molar-refractivity contribution in [2.75, 3.05) is 0 Å². The van der Waals surface area contributed by atoms with E-state index in [0.29, 0.717) is 5.56 Å². The molecule has 0 unspecified atom stereocenters. The molecule has 1 aromatic rings. The summed E-state index contributed by atoms with van der Waals surface area (Å²) in [6, 6.07) is 2.95. The smallest absolute Gasteiger partial charge is 0.319 e. The number of rotatable bonds is 2. The molecule has 7 heteroatoms. The van der Waals surface area contributed by atoms with Crippen LogP contribution in [0, 0.1) is 6.92 Å². The molecule has 0 amide bonds. The summed E-state index contributed by atoms with van der Waals surface area (Å²) < 4.78 is 61.9. The SMILES string of the molecule is Cc1cccc([C@H](N)C(F)(F)C(F)(F)F)c1.Cl. The van der Waals surface area contributed by atoms with E-state index in [1.54, 1.807) is 13.0 Å². The fourth-order valence-corrected chi connectivity index (χ4v) is 1.25. The van der Waals surface area contributed by atoms with Crippen LogP contribution in [0.1, 0.15) is 17.2 Å². The van der Waals surface area contributed by atoms with E-state index in [1.165, 1.54) is 12.1 Å². The second kappa shape index (κ2) is 5.18. The van der Waals surface area contributed by atoms with Gasteiger partial charge in [0.1, 0.15) is 6.04 Å². The molecule has 0 aliphatic rings. The van der Waals surface area contributed by atoms with Crippen molar-refractivity contribution >= 4 is 12.4 Å². The van der Waals surface area contributed by atoms with Gasteiger partial charge >= 0.3 is 12.1 Å². The maximum absolute atomic E-state index is 12.9. The van der Waals surface area contributed by atoms with Crippen LogP contribution in [0.4, 0.5) is 22.0 Å². The summed E-state index contributed by atoms with van der Waals surface area (Å²) in [4.78, 5) is 0. The first-order valence-electron chi connectivity index (χ1n) is 4.43. The lowest BCUT2D eigenvalue weighted by molar-refractivity contribution is -0.291. The third kappa shape index (κ3) is 3.29. The zero-order chi connectivity index (χ0) is 12.6. The number of halogens is 6. The Balaban J connectivity index is 0.00000256. The topological polar surface area (TPSA) is 26.0 Å². The minimum absolute atomic E-state index is 0. The standard InChI is InChI=1S/C10H10F5N.ClH/c1-6-3-2-4-7(5-6)8(16)9(11,12)10(13,14)15;/h2-5,8H,16H2,1H3;1H/t8-;/m0./s1. The van der Waals surface area contributed by atoms with Crippen molar-refractivity contribution in [3.63, 3.8) is 0 Å². The second-order valence-corrected chi connectivity index (χ2v) is 3.51. The summed E-state index contributed by atoms with van der Waals surface area (Å²) >= 11 is 0. The van der Waals surface area contributed by atoms with Gasteiger partial charge in [-0.05, 0) is 12.5 Å². The lowest BCUT2D eigenvalue weighted by Crippen LogP contribution is -2.45. The van der Waals surface area contributed by atoms with Crippen molar-refractivity contribution in [3.05, 3.63) is 35.4 Å². The Labute approximate surface area is 101 Å². The number of benzene rings is 1. The fraction of sp³-hybridized carbons (Fsp3) is 0.400. The summed E-state index contributed by atoms with van der Waals surface area (Å²) in [7, 11) is 0. The van der Waals surface area contributed by atoms with Gasteiger partial charge in [-0.25, -0.2) is 0 Å². The van der Waals surface area contributed by atoms with E-state index < -0.39 is 18.1 Å². The molecule has 0 saturated carbocycles. The van der Waals surface area contributed by atoms with Crippen molar-refractivity contribution in [3.8, 4) is 0 Å². The van der Waals surface area contributed by atoms with Gasteiger partial charge in [0.2, 0.25) is 0 Å². The van der Waals surface area contributed by atoms with Crippen LogP contribution in [0.5, 0.6) is 0 Å². The van der Waals surface area contributed by atoms with Crippen molar-refractivity contribution in [2.45, 2.75) is 25.1 Å². The van der Waals surface area contributed by atoms with Gasteiger partial charge in [0.25, 0.3) is 0 Å². The molecule has 1 rings (SSSR count). The van der Waals surface area contributed by atoms with E-state index in [-0.39, 0.29) is 18.0 Å². The summed E-state index contributed by atoms with van der Waals surface area (Å²) in [6.07, 6.45) is -5.64. The van der Waals surface area contributed by atoms with E-state index in [4.69, 9.17) is 5.73 Å². The van der Waals surface area contributed by atoms with Crippen molar-refractivity contribution in [2.24, 2.45) is 5.73 Å². The summed E-state index contributed by atoms with van der Waals surface area (Å²) in [6.45, 7) is 1.59. The fourth-order valence-electron chi connectivity index (χ4n) is 1.25. The number of hydrogen-bond acceptors (Lipinski definition) is 1. The summed E-state index contributed by atoms with van der Waals surface area (Å²) in [5.41, 5.74) is 5.30. The number of nitrogens with two attached hydrogens (primary N) is 1. The minimum Gasteiger partial charge on any atom is -0.319 e. The maximum Gasteiger partial charge on any atom is 0.455 e. The van der Waals surface area contributed by atoms with Crippen LogP contribution in [-0.4, -0.2) is 12.1 Å². The predicted octanol–water partition coefficient (Wildman–Crippen LogP) is 3.61. The van der Waals surface area contributed by atoms with Crippen LogP contribution < -0.4 is 5.73 Å². The van der Waals surface area contributed by atoms with Crippen LogP contribution in [0.2, 0.25) is 0 Å². The molecule has 0 bridgehead atoms. The predicted molar refractivity (Wildman–Crippen MR) is 56.4 cm³/mol. The van der Waals surface area contributed by atoms with Gasteiger partial charge < -0.3 is 5.73 Å². The van der Waals surface area contributed by atoms with Gasteiger partial charge in [-0.1, -0.05) is 29.8 Å². The van der Waals surface area contributed by atoms with E-state index in [0.717, 1.165) is 6.07 Å². The molecule has 0 fully saturated rings. The van der Waals surface area contributed by atoms with Gasteiger partial charge in [0, 0.05) is 0 Å². The first kappa shape index (κ1) is 16.1.